The Hall–Kier alpha value is -4.37. The van der Waals surface area contributed by atoms with Crippen LogP contribution in [0.1, 0.15) is 220 Å². The van der Waals surface area contributed by atoms with E-state index in [0.717, 1.165) is 122 Å². The zero-order chi connectivity index (χ0) is 58.6. The van der Waals surface area contributed by atoms with E-state index in [1.807, 2.05) is 33.3 Å². The lowest BCUT2D eigenvalue weighted by atomic mass is 10.1. The molecular weight excluding hydrogens is 1010 g/mol. The van der Waals surface area contributed by atoms with Crippen molar-refractivity contribution in [3.8, 4) is 0 Å². The summed E-state index contributed by atoms with van der Waals surface area (Å²) in [5.41, 5.74) is 0. The number of amides is 1. The number of nitrogens with one attached hydrogen (secondary N) is 1. The van der Waals surface area contributed by atoms with Gasteiger partial charge in [0.15, 0.2) is 0 Å². The third-order valence-electron chi connectivity index (χ3n) is 12.7. The van der Waals surface area contributed by atoms with Crippen LogP contribution in [0.15, 0.2) is 158 Å². The molecule has 0 saturated heterocycles. The summed E-state index contributed by atoms with van der Waals surface area (Å²) in [4.78, 5) is 37.7. The lowest BCUT2D eigenvalue weighted by molar-refractivity contribution is -0.870. The SMILES string of the molecule is CC/C=C\C/C=C\C/C=C\C/C=C\C/C=C\C/C=C\CCCCC(=O)NC(COP(=O)(O)OCC[N+](C)(C)C)C(/C=C/CCCCCCCCCCCC)OC(=O)CCCC/C=C\C/C=C\C/C=C\C/C=C\C/C=C\C/C=C\CC. The molecule has 0 saturated carbocycles. The summed E-state index contributed by atoms with van der Waals surface area (Å²) in [5, 5.41) is 3.01. The van der Waals surface area contributed by atoms with Crippen molar-refractivity contribution in [2.24, 2.45) is 0 Å². The second kappa shape index (κ2) is 57.8. The van der Waals surface area contributed by atoms with Crippen LogP contribution < -0.4 is 5.32 Å². The lowest BCUT2D eigenvalue weighted by Gasteiger charge is -2.27. The number of carbonyl (C=O) groups is 2. The summed E-state index contributed by atoms with van der Waals surface area (Å²) < 4.78 is 30.6. The number of nitrogens with zero attached hydrogens (tertiary/aromatic N) is 1. The van der Waals surface area contributed by atoms with Crippen LogP contribution in [0.25, 0.3) is 0 Å². The molecule has 0 rings (SSSR count). The first-order chi connectivity index (χ1) is 38.9. The molecule has 0 bridgehead atoms. The van der Waals surface area contributed by atoms with Crippen LogP contribution in [-0.2, 0) is 27.9 Å². The maximum atomic E-state index is 13.5. The minimum absolute atomic E-state index is 0.0147. The Kier molecular flexibility index (Phi) is 54.7. The van der Waals surface area contributed by atoms with Gasteiger partial charge >= 0.3 is 13.8 Å². The molecule has 9 nitrogen and oxygen atoms in total. The Bertz CT molecular complexity index is 1920. The predicted octanol–water partition coefficient (Wildman–Crippen LogP) is 19.6. The minimum Gasteiger partial charge on any atom is -0.456 e. The molecule has 0 aliphatic rings. The van der Waals surface area contributed by atoms with Crippen LogP contribution in [0, 0.1) is 0 Å². The van der Waals surface area contributed by atoms with Crippen molar-refractivity contribution in [2.75, 3.05) is 40.9 Å². The van der Waals surface area contributed by atoms with Crippen LogP contribution in [0.3, 0.4) is 0 Å². The molecule has 452 valence electrons. The van der Waals surface area contributed by atoms with Gasteiger partial charge < -0.3 is 19.4 Å². The van der Waals surface area contributed by atoms with Crippen LogP contribution in [-0.4, -0.2) is 74.3 Å². The number of carbonyl (C=O) groups excluding carboxylic acids is 2. The van der Waals surface area contributed by atoms with E-state index >= 15 is 0 Å². The second-order valence-electron chi connectivity index (χ2n) is 21.5. The molecule has 3 atom stereocenters. The highest BCUT2D eigenvalue weighted by Gasteiger charge is 2.30. The summed E-state index contributed by atoms with van der Waals surface area (Å²) >= 11 is 0. The minimum atomic E-state index is -4.49. The van der Waals surface area contributed by atoms with Crippen LogP contribution >= 0.6 is 7.82 Å². The molecule has 3 unspecified atom stereocenters. The van der Waals surface area contributed by atoms with Gasteiger partial charge in [-0.05, 0) is 134 Å². The highest BCUT2D eigenvalue weighted by atomic mass is 31.2. The summed E-state index contributed by atoms with van der Waals surface area (Å²) in [6.07, 6.45) is 85.4. The van der Waals surface area contributed by atoms with Gasteiger partial charge in [0.05, 0.1) is 33.8 Å². The molecule has 0 aromatic rings. The number of quaternary nitrogens is 1. The maximum Gasteiger partial charge on any atom is 0.472 e. The van der Waals surface area contributed by atoms with Crippen LogP contribution in [0.4, 0.5) is 0 Å². The highest BCUT2D eigenvalue weighted by molar-refractivity contribution is 7.47. The van der Waals surface area contributed by atoms with E-state index in [-0.39, 0.29) is 37.9 Å². The molecule has 80 heavy (non-hydrogen) atoms. The fraction of sp³-hybridized carbons (Fsp3) is 0.600. The van der Waals surface area contributed by atoms with E-state index in [1.165, 1.54) is 51.4 Å². The molecule has 0 spiro atoms. The van der Waals surface area contributed by atoms with Crippen molar-refractivity contribution >= 4 is 19.7 Å². The molecule has 0 radical (unpaired) electrons. The second-order valence-corrected chi connectivity index (χ2v) is 22.9. The lowest BCUT2D eigenvalue weighted by Crippen LogP contribution is -2.47. The summed E-state index contributed by atoms with van der Waals surface area (Å²) in [7, 11) is 1.41. The first kappa shape index (κ1) is 75.6. The first-order valence-electron chi connectivity index (χ1n) is 31.3. The largest absolute Gasteiger partial charge is 0.472 e. The van der Waals surface area contributed by atoms with Crippen molar-refractivity contribution in [2.45, 2.75) is 232 Å². The smallest absolute Gasteiger partial charge is 0.456 e. The monoisotopic (exact) mass is 1130 g/mol. The van der Waals surface area contributed by atoms with Crippen LogP contribution in [0.2, 0.25) is 0 Å². The molecule has 0 aliphatic heterocycles. The predicted molar refractivity (Wildman–Crippen MR) is 345 cm³/mol. The molecule has 0 fully saturated rings. The number of hydrogen-bond acceptors (Lipinski definition) is 6. The Balaban J connectivity index is 5.43. The number of likely N-dealkylation sites (N-methyl/N-ethyl adjacent to an activating group) is 1. The van der Waals surface area contributed by atoms with Gasteiger partial charge in [-0.25, -0.2) is 4.57 Å². The zero-order valence-corrected chi connectivity index (χ0v) is 52.4. The third kappa shape index (κ3) is 58.3. The van der Waals surface area contributed by atoms with Gasteiger partial charge in [-0.2, -0.15) is 0 Å². The fourth-order valence-electron chi connectivity index (χ4n) is 7.94. The number of ether oxygens (including phenoxy) is 1. The quantitative estimate of drug-likeness (QED) is 0.0205. The zero-order valence-electron chi connectivity index (χ0n) is 51.5. The molecule has 2 N–H and O–H groups in total. The molecule has 0 aromatic carbocycles. The summed E-state index contributed by atoms with van der Waals surface area (Å²) in [5.74, 6) is -0.621. The Morgan fingerprint density at radius 3 is 1.20 bits per heavy atom. The fourth-order valence-corrected chi connectivity index (χ4v) is 8.68. The van der Waals surface area contributed by atoms with Crippen molar-refractivity contribution in [3.63, 3.8) is 0 Å². The topological polar surface area (TPSA) is 111 Å². The number of rotatable bonds is 54. The number of unbranched alkanes of at least 4 members (excludes halogenated alkanes) is 14. The normalized spacial score (nSPS) is 14.7. The van der Waals surface area contributed by atoms with Gasteiger partial charge in [-0.3, -0.25) is 18.6 Å². The average Bonchev–Trinajstić information content (AvgIpc) is 3.42. The van der Waals surface area contributed by atoms with Crippen molar-refractivity contribution in [3.05, 3.63) is 158 Å². The standard InChI is InChI=1S/C70H115N2O7P/c1-7-10-13-16-19-22-25-28-30-32-34-36-38-40-42-44-47-50-53-56-59-62-69(73)71-67(66-78-80(75,76)77-65-64-72(4,5)6)68(61-58-55-52-49-46-27-24-21-18-15-12-9-3)79-70(74)63-60-57-54-51-48-45-43-41-39-37-35-33-31-29-26-23-20-17-14-11-8-2/h10-11,13-14,19-20,22-23,28-31,34-37,40-43,47-48,50-51,58,61,67-68H,7-9,12,15-18,21,24-27,32-33,38-39,44-46,49,52-57,59-60,62-66H2,1-6H3,(H-,71,73,75,76)/p+1/b13-10-,14-11-,22-19-,23-20-,30-28-,31-29-,36-34-,37-35-,42-40-,43-41-,50-47-,51-48-,61-58+. The van der Waals surface area contributed by atoms with E-state index in [4.69, 9.17) is 13.8 Å². The Morgan fingerprint density at radius 2 is 0.800 bits per heavy atom. The molecule has 0 aromatic heterocycles. The highest BCUT2D eigenvalue weighted by Crippen LogP contribution is 2.43. The molecule has 1 amide bonds. The van der Waals surface area contributed by atoms with Gasteiger partial charge in [0, 0.05) is 12.8 Å². The van der Waals surface area contributed by atoms with E-state index in [0.29, 0.717) is 23.9 Å². The number of phosphoric acid groups is 1. The Labute approximate surface area is 490 Å². The maximum absolute atomic E-state index is 13.5. The van der Waals surface area contributed by atoms with Gasteiger partial charge in [0.2, 0.25) is 5.91 Å². The average molecular weight is 1130 g/mol. The van der Waals surface area contributed by atoms with E-state index in [2.05, 4.69) is 172 Å². The first-order valence-corrected chi connectivity index (χ1v) is 32.8. The van der Waals surface area contributed by atoms with Crippen molar-refractivity contribution in [1.29, 1.82) is 0 Å². The summed E-state index contributed by atoms with van der Waals surface area (Å²) in [6, 6.07) is -0.903. The molecular formula is C70H116N2O7P+. The number of allylic oxidation sites excluding steroid dienone is 25. The molecule has 10 heteroatoms. The van der Waals surface area contributed by atoms with E-state index < -0.39 is 20.0 Å². The number of phosphoric ester groups is 1. The number of hydrogen-bond donors (Lipinski definition) is 2. The van der Waals surface area contributed by atoms with E-state index in [1.54, 1.807) is 0 Å². The van der Waals surface area contributed by atoms with E-state index in [9.17, 15) is 19.0 Å². The van der Waals surface area contributed by atoms with Crippen molar-refractivity contribution in [1.82, 2.24) is 5.32 Å². The van der Waals surface area contributed by atoms with Crippen molar-refractivity contribution < 1.29 is 37.3 Å². The van der Waals surface area contributed by atoms with Gasteiger partial charge in [0.1, 0.15) is 19.3 Å². The third-order valence-corrected chi connectivity index (χ3v) is 13.7. The van der Waals surface area contributed by atoms with Gasteiger partial charge in [-0.1, -0.05) is 230 Å². The molecule has 0 heterocycles. The van der Waals surface area contributed by atoms with Gasteiger partial charge in [0.25, 0.3) is 0 Å². The van der Waals surface area contributed by atoms with Crippen LogP contribution in [0.5, 0.6) is 0 Å². The molecule has 0 aliphatic carbocycles. The summed E-state index contributed by atoms with van der Waals surface area (Å²) in [6.45, 7) is 6.69. The van der Waals surface area contributed by atoms with Gasteiger partial charge in [-0.15, -0.1) is 0 Å². The number of esters is 1. The Morgan fingerprint density at radius 1 is 0.450 bits per heavy atom.